The summed E-state index contributed by atoms with van der Waals surface area (Å²) in [6.45, 7) is 0.442. The predicted molar refractivity (Wildman–Crippen MR) is 59.7 cm³/mol. The third kappa shape index (κ3) is 2.17. The molecule has 0 saturated carbocycles. The van der Waals surface area contributed by atoms with E-state index in [4.69, 9.17) is 5.11 Å². The van der Waals surface area contributed by atoms with Crippen molar-refractivity contribution in [3.8, 4) is 0 Å². The van der Waals surface area contributed by atoms with E-state index in [2.05, 4.69) is 8.75 Å². The summed E-state index contributed by atoms with van der Waals surface area (Å²) in [6, 6.07) is -0.757. The van der Waals surface area contributed by atoms with Crippen LogP contribution in [0.4, 0.5) is 0 Å². The average molecular weight is 259 g/mol. The normalized spacial score (nSPS) is 20.8. The van der Waals surface area contributed by atoms with Crippen molar-refractivity contribution in [1.29, 1.82) is 0 Å². The topological polar surface area (TPSA) is 83.4 Å². The van der Waals surface area contributed by atoms with E-state index < -0.39 is 12.0 Å². The monoisotopic (exact) mass is 259 g/mol. The Labute approximate surface area is 100.0 Å². The summed E-state index contributed by atoms with van der Waals surface area (Å²) in [5, 5.41) is 9.01. The molecule has 1 atom stereocenters. The number of aliphatic carboxylic acids is 1. The molecule has 1 aromatic heterocycles. The number of amides is 1. The zero-order valence-corrected chi connectivity index (χ0v) is 9.83. The largest absolute Gasteiger partial charge is 0.480 e. The molecule has 0 spiro atoms. The summed E-state index contributed by atoms with van der Waals surface area (Å²) < 4.78 is 7.56. The van der Waals surface area contributed by atoms with E-state index in [0.717, 1.165) is 17.5 Å². The maximum absolute atomic E-state index is 11.9. The van der Waals surface area contributed by atoms with Crippen molar-refractivity contribution in [2.24, 2.45) is 0 Å². The second-order valence-electron chi connectivity index (χ2n) is 3.22. The van der Waals surface area contributed by atoms with Crippen molar-refractivity contribution in [2.45, 2.75) is 6.04 Å². The van der Waals surface area contributed by atoms with Crippen LogP contribution in [0.2, 0.25) is 0 Å². The summed E-state index contributed by atoms with van der Waals surface area (Å²) in [5.74, 6) is -0.128. The number of hydrogen-bond donors (Lipinski definition) is 1. The van der Waals surface area contributed by atoms with Gasteiger partial charge >= 0.3 is 5.97 Å². The fourth-order valence-electron chi connectivity index (χ4n) is 1.46. The summed E-state index contributed by atoms with van der Waals surface area (Å²) in [6.07, 6.45) is 1.37. The first-order valence-corrected chi connectivity index (χ1v) is 6.47. The lowest BCUT2D eigenvalue weighted by molar-refractivity contribution is -0.141. The summed E-state index contributed by atoms with van der Waals surface area (Å²) in [7, 11) is 0. The Balaban J connectivity index is 2.17. The van der Waals surface area contributed by atoms with Crippen LogP contribution in [-0.2, 0) is 4.79 Å². The fourth-order valence-corrected chi connectivity index (χ4v) is 2.90. The van der Waals surface area contributed by atoms with Gasteiger partial charge in [0.1, 0.15) is 6.04 Å². The van der Waals surface area contributed by atoms with Gasteiger partial charge in [0.25, 0.3) is 5.91 Å². The highest BCUT2D eigenvalue weighted by Crippen LogP contribution is 2.18. The number of nitrogens with zero attached hydrogens (tertiary/aromatic N) is 3. The third-order valence-corrected chi connectivity index (χ3v) is 3.76. The second kappa shape index (κ2) is 4.79. The molecule has 86 valence electrons. The van der Waals surface area contributed by atoms with Crippen molar-refractivity contribution in [1.82, 2.24) is 13.6 Å². The number of thioether (sulfide) groups is 1. The number of carboxylic acids is 1. The molecule has 1 unspecified atom stereocenters. The Bertz CT molecular complexity index is 395. The lowest BCUT2D eigenvalue weighted by Crippen LogP contribution is -2.50. The van der Waals surface area contributed by atoms with Crippen LogP contribution >= 0.6 is 23.5 Å². The van der Waals surface area contributed by atoms with E-state index in [1.165, 1.54) is 11.1 Å². The zero-order valence-electron chi connectivity index (χ0n) is 8.20. The van der Waals surface area contributed by atoms with E-state index in [9.17, 15) is 9.59 Å². The Hall–Kier alpha value is -1.15. The molecule has 1 aliphatic rings. The van der Waals surface area contributed by atoms with Gasteiger partial charge in [0.15, 0.2) is 5.69 Å². The minimum absolute atomic E-state index is 0.225. The molecule has 8 heteroatoms. The second-order valence-corrected chi connectivity index (χ2v) is 4.93. The van der Waals surface area contributed by atoms with Crippen LogP contribution in [0.15, 0.2) is 6.20 Å². The van der Waals surface area contributed by atoms with Gasteiger partial charge in [0, 0.05) is 18.1 Å². The van der Waals surface area contributed by atoms with Crippen LogP contribution < -0.4 is 0 Å². The van der Waals surface area contributed by atoms with Gasteiger partial charge < -0.3 is 10.0 Å². The molecule has 0 bridgehead atoms. The molecule has 1 aromatic rings. The Morgan fingerprint density at radius 3 is 3.00 bits per heavy atom. The highest BCUT2D eigenvalue weighted by Gasteiger charge is 2.33. The van der Waals surface area contributed by atoms with Gasteiger partial charge in [-0.25, -0.2) is 4.79 Å². The van der Waals surface area contributed by atoms with Crippen molar-refractivity contribution < 1.29 is 14.7 Å². The summed E-state index contributed by atoms with van der Waals surface area (Å²) in [5.41, 5.74) is 0.225. The molecule has 1 fully saturated rings. The summed E-state index contributed by atoms with van der Waals surface area (Å²) >= 11 is 2.48. The molecule has 1 N–H and O–H groups in total. The highest BCUT2D eigenvalue weighted by atomic mass is 32.2. The molecule has 2 rings (SSSR count). The van der Waals surface area contributed by atoms with Crippen LogP contribution in [0.5, 0.6) is 0 Å². The minimum Gasteiger partial charge on any atom is -0.480 e. The maximum Gasteiger partial charge on any atom is 0.327 e. The number of carbonyl (C=O) groups is 2. The molecule has 0 radical (unpaired) electrons. The number of rotatable bonds is 2. The smallest absolute Gasteiger partial charge is 0.327 e. The van der Waals surface area contributed by atoms with Crippen molar-refractivity contribution in [3.63, 3.8) is 0 Å². The maximum atomic E-state index is 11.9. The predicted octanol–water partition coefficient (Wildman–Crippen LogP) is 0.180. The van der Waals surface area contributed by atoms with Gasteiger partial charge in [-0.05, 0) is 0 Å². The van der Waals surface area contributed by atoms with E-state index in [-0.39, 0.29) is 11.6 Å². The summed E-state index contributed by atoms with van der Waals surface area (Å²) in [4.78, 5) is 24.3. The Kier molecular flexibility index (Phi) is 3.39. The van der Waals surface area contributed by atoms with Gasteiger partial charge in [-0.1, -0.05) is 0 Å². The average Bonchev–Trinajstić information content (AvgIpc) is 2.81. The SMILES string of the molecule is O=C(O)C1CSCCN1C(=O)c1cnsn1. The van der Waals surface area contributed by atoms with E-state index in [0.29, 0.717) is 12.3 Å². The minimum atomic E-state index is -0.969. The molecular weight excluding hydrogens is 250 g/mol. The Morgan fingerprint density at radius 2 is 2.38 bits per heavy atom. The van der Waals surface area contributed by atoms with Crippen molar-refractivity contribution in [2.75, 3.05) is 18.1 Å². The number of aromatic nitrogens is 2. The molecule has 16 heavy (non-hydrogen) atoms. The quantitative estimate of drug-likeness (QED) is 0.815. The van der Waals surface area contributed by atoms with Gasteiger partial charge in [-0.3, -0.25) is 4.79 Å². The Morgan fingerprint density at radius 1 is 1.56 bits per heavy atom. The number of hydrogen-bond acceptors (Lipinski definition) is 6. The van der Waals surface area contributed by atoms with E-state index in [1.807, 2.05) is 0 Å². The molecule has 1 aliphatic heterocycles. The van der Waals surface area contributed by atoms with Crippen LogP contribution in [-0.4, -0.2) is 54.7 Å². The number of carbonyl (C=O) groups excluding carboxylic acids is 1. The van der Waals surface area contributed by atoms with E-state index in [1.54, 1.807) is 11.8 Å². The highest BCUT2D eigenvalue weighted by molar-refractivity contribution is 7.99. The van der Waals surface area contributed by atoms with Gasteiger partial charge in [0.05, 0.1) is 17.9 Å². The van der Waals surface area contributed by atoms with Crippen LogP contribution in [0.3, 0.4) is 0 Å². The molecule has 6 nitrogen and oxygen atoms in total. The lowest BCUT2D eigenvalue weighted by atomic mass is 10.2. The molecule has 0 aromatic carbocycles. The first kappa shape index (κ1) is 11.3. The lowest BCUT2D eigenvalue weighted by Gasteiger charge is -2.31. The van der Waals surface area contributed by atoms with Gasteiger partial charge in [-0.15, -0.1) is 0 Å². The van der Waals surface area contributed by atoms with Crippen LogP contribution in [0.1, 0.15) is 10.5 Å². The molecular formula is C8H9N3O3S2. The van der Waals surface area contributed by atoms with Gasteiger partial charge in [-0.2, -0.15) is 20.5 Å². The van der Waals surface area contributed by atoms with Crippen LogP contribution in [0, 0.1) is 0 Å². The molecule has 0 aliphatic carbocycles. The zero-order chi connectivity index (χ0) is 11.5. The first-order valence-electron chi connectivity index (χ1n) is 4.59. The molecule has 1 amide bonds. The number of carboxylic acid groups (broad SMARTS) is 1. The van der Waals surface area contributed by atoms with Crippen molar-refractivity contribution >= 4 is 35.4 Å². The molecule has 1 saturated heterocycles. The van der Waals surface area contributed by atoms with Crippen molar-refractivity contribution in [3.05, 3.63) is 11.9 Å². The first-order chi connectivity index (χ1) is 7.70. The molecule has 2 heterocycles. The third-order valence-electron chi connectivity index (χ3n) is 2.25. The van der Waals surface area contributed by atoms with E-state index >= 15 is 0 Å². The fraction of sp³-hybridized carbons (Fsp3) is 0.500. The van der Waals surface area contributed by atoms with Gasteiger partial charge in [0.2, 0.25) is 0 Å². The standard InChI is InChI=1S/C8H9N3O3S2/c12-7(5-3-9-16-10-5)11-1-2-15-4-6(11)8(13)14/h3,6H,1-2,4H2,(H,13,14). The van der Waals surface area contributed by atoms with Crippen LogP contribution in [0.25, 0.3) is 0 Å².